The molecule has 0 aliphatic rings. The molecule has 0 N–H and O–H groups in total. The predicted octanol–water partition coefficient (Wildman–Crippen LogP) is 12.7. The van der Waals surface area contributed by atoms with Crippen LogP contribution in [0.1, 0.15) is 0 Å². The van der Waals surface area contributed by atoms with Crippen molar-refractivity contribution < 1.29 is 0 Å². The summed E-state index contributed by atoms with van der Waals surface area (Å²) in [6, 6.07) is 70.4. The first-order chi connectivity index (χ1) is 27.8. The Hall–Kier alpha value is -7.63. The lowest BCUT2D eigenvalue weighted by molar-refractivity contribution is 1.07. The van der Waals surface area contributed by atoms with Gasteiger partial charge in [-0.3, -0.25) is 0 Å². The van der Waals surface area contributed by atoms with Crippen LogP contribution in [0, 0.1) is 0 Å². The highest BCUT2D eigenvalue weighted by atomic mass is 15.0. The molecule has 0 saturated carbocycles. The first kappa shape index (κ1) is 31.9. The standard InChI is InChI=1S/C51H33N5/c1-4-15-34(16-5-1)35-27-29-39(30-28-35)56-44-25-12-10-23-41(44)42-31-32-46-47(48(42)56)43-24-11-13-26-45(43)55(46)40-22-14-21-38(33-40)51-53-49(36-17-6-2-7-18-36)52-50(54-51)37-19-8-3-9-20-37/h1-33H. The van der Waals surface area contributed by atoms with Crippen molar-refractivity contribution in [2.24, 2.45) is 0 Å². The first-order valence-corrected chi connectivity index (χ1v) is 18.9. The molecule has 56 heavy (non-hydrogen) atoms. The Labute approximate surface area is 323 Å². The molecule has 5 heteroatoms. The highest BCUT2D eigenvalue weighted by Gasteiger charge is 2.21. The number of rotatable bonds is 6. The Balaban J connectivity index is 1.13. The van der Waals surface area contributed by atoms with E-state index in [1.807, 2.05) is 60.7 Å². The number of para-hydroxylation sites is 2. The average molecular weight is 716 g/mol. The van der Waals surface area contributed by atoms with Gasteiger partial charge in [-0.05, 0) is 53.6 Å². The molecular formula is C51H33N5. The van der Waals surface area contributed by atoms with E-state index in [4.69, 9.17) is 15.0 Å². The van der Waals surface area contributed by atoms with E-state index in [0.717, 1.165) is 39.1 Å². The van der Waals surface area contributed by atoms with E-state index in [2.05, 4.69) is 149 Å². The molecule has 11 rings (SSSR count). The van der Waals surface area contributed by atoms with Crippen molar-refractivity contribution in [2.75, 3.05) is 0 Å². The summed E-state index contributed by atoms with van der Waals surface area (Å²) in [6.45, 7) is 0. The molecule has 0 aliphatic heterocycles. The van der Waals surface area contributed by atoms with Crippen molar-refractivity contribution in [3.63, 3.8) is 0 Å². The van der Waals surface area contributed by atoms with Gasteiger partial charge in [0.2, 0.25) is 0 Å². The van der Waals surface area contributed by atoms with Crippen molar-refractivity contribution in [1.82, 2.24) is 24.1 Å². The Morgan fingerprint density at radius 3 is 1.43 bits per heavy atom. The second-order valence-electron chi connectivity index (χ2n) is 14.1. The van der Waals surface area contributed by atoms with Crippen LogP contribution >= 0.6 is 0 Å². The summed E-state index contributed by atoms with van der Waals surface area (Å²) in [5.74, 6) is 1.91. The molecule has 5 nitrogen and oxygen atoms in total. The van der Waals surface area contributed by atoms with Gasteiger partial charge in [-0.15, -0.1) is 0 Å². The lowest BCUT2D eigenvalue weighted by atomic mass is 10.1. The SMILES string of the molecule is c1ccc(-c2ccc(-n3c4ccccc4c4ccc5c(c6ccccc6n5-c5cccc(-c6nc(-c7ccccc7)nc(-c7ccccc7)n6)c5)c43)cc2)cc1. The molecule has 3 heterocycles. The van der Waals surface area contributed by atoms with Crippen molar-refractivity contribution in [3.8, 4) is 56.7 Å². The first-order valence-electron chi connectivity index (χ1n) is 18.9. The van der Waals surface area contributed by atoms with Crippen molar-refractivity contribution in [3.05, 3.63) is 200 Å². The Bertz CT molecular complexity index is 3160. The minimum atomic E-state index is 0.627. The average Bonchev–Trinajstić information content (AvgIpc) is 3.80. The molecule has 11 aromatic rings. The molecule has 0 aliphatic carbocycles. The molecule has 3 aromatic heterocycles. The van der Waals surface area contributed by atoms with Crippen LogP contribution < -0.4 is 0 Å². The zero-order valence-electron chi connectivity index (χ0n) is 30.3. The fraction of sp³-hybridized carbons (Fsp3) is 0. The van der Waals surface area contributed by atoms with Crippen LogP contribution in [0.5, 0.6) is 0 Å². The van der Waals surface area contributed by atoms with Gasteiger partial charge in [-0.1, -0.05) is 158 Å². The van der Waals surface area contributed by atoms with Gasteiger partial charge in [0.15, 0.2) is 17.5 Å². The third kappa shape index (κ3) is 5.21. The summed E-state index contributed by atoms with van der Waals surface area (Å²) >= 11 is 0. The van der Waals surface area contributed by atoms with Crippen LogP contribution in [-0.4, -0.2) is 24.1 Å². The molecule has 0 atom stereocenters. The Morgan fingerprint density at radius 2 is 0.786 bits per heavy atom. The lowest BCUT2D eigenvalue weighted by Gasteiger charge is -2.12. The van der Waals surface area contributed by atoms with Crippen LogP contribution in [0.2, 0.25) is 0 Å². The van der Waals surface area contributed by atoms with Crippen LogP contribution in [0.3, 0.4) is 0 Å². The summed E-state index contributed by atoms with van der Waals surface area (Å²) in [7, 11) is 0. The van der Waals surface area contributed by atoms with Crippen molar-refractivity contribution in [2.45, 2.75) is 0 Å². The number of aromatic nitrogens is 5. The van der Waals surface area contributed by atoms with Gasteiger partial charge in [0.25, 0.3) is 0 Å². The molecular weight excluding hydrogens is 683 g/mol. The fourth-order valence-corrected chi connectivity index (χ4v) is 8.21. The number of fused-ring (bicyclic) bond motifs is 7. The number of nitrogens with zero attached hydrogens (tertiary/aromatic N) is 5. The van der Waals surface area contributed by atoms with Crippen molar-refractivity contribution >= 4 is 43.6 Å². The van der Waals surface area contributed by atoms with Crippen molar-refractivity contribution in [1.29, 1.82) is 0 Å². The summed E-state index contributed by atoms with van der Waals surface area (Å²) < 4.78 is 4.82. The van der Waals surface area contributed by atoms with Gasteiger partial charge in [0.05, 0.1) is 22.1 Å². The van der Waals surface area contributed by atoms with Crippen LogP contribution in [0.25, 0.3) is 100 Å². The van der Waals surface area contributed by atoms with Crippen LogP contribution in [0.4, 0.5) is 0 Å². The lowest BCUT2D eigenvalue weighted by Crippen LogP contribution is -2.01. The number of hydrogen-bond acceptors (Lipinski definition) is 3. The molecule has 0 fully saturated rings. The van der Waals surface area contributed by atoms with Gasteiger partial charge < -0.3 is 9.13 Å². The summed E-state index contributed by atoms with van der Waals surface area (Å²) in [5, 5.41) is 4.86. The van der Waals surface area contributed by atoms with Crippen LogP contribution in [-0.2, 0) is 0 Å². The molecule has 0 amide bonds. The largest absolute Gasteiger partial charge is 0.309 e. The van der Waals surface area contributed by atoms with Crippen LogP contribution in [0.15, 0.2) is 200 Å². The van der Waals surface area contributed by atoms with E-state index < -0.39 is 0 Å². The highest BCUT2D eigenvalue weighted by molar-refractivity contribution is 6.26. The van der Waals surface area contributed by atoms with E-state index in [1.165, 1.54) is 43.7 Å². The normalized spacial score (nSPS) is 11.6. The molecule has 0 radical (unpaired) electrons. The Morgan fingerprint density at radius 1 is 0.286 bits per heavy atom. The molecule has 0 spiro atoms. The topological polar surface area (TPSA) is 48.5 Å². The van der Waals surface area contributed by atoms with Gasteiger partial charge in [-0.2, -0.15) is 0 Å². The van der Waals surface area contributed by atoms with E-state index in [-0.39, 0.29) is 0 Å². The van der Waals surface area contributed by atoms with E-state index in [9.17, 15) is 0 Å². The van der Waals surface area contributed by atoms with Gasteiger partial charge >= 0.3 is 0 Å². The predicted molar refractivity (Wildman–Crippen MR) is 230 cm³/mol. The monoisotopic (exact) mass is 715 g/mol. The zero-order valence-corrected chi connectivity index (χ0v) is 30.3. The molecule has 8 aromatic carbocycles. The molecule has 262 valence electrons. The minimum Gasteiger partial charge on any atom is -0.309 e. The third-order valence-electron chi connectivity index (χ3n) is 10.8. The highest BCUT2D eigenvalue weighted by Crippen LogP contribution is 2.42. The van der Waals surface area contributed by atoms with Gasteiger partial charge in [0, 0.05) is 49.6 Å². The van der Waals surface area contributed by atoms with E-state index in [0.29, 0.717) is 17.5 Å². The summed E-state index contributed by atoms with van der Waals surface area (Å²) in [6.07, 6.45) is 0. The number of hydrogen-bond donors (Lipinski definition) is 0. The molecule has 0 saturated heterocycles. The second kappa shape index (κ2) is 13.0. The maximum atomic E-state index is 5.05. The molecule has 0 unspecified atom stereocenters. The van der Waals surface area contributed by atoms with E-state index in [1.54, 1.807) is 0 Å². The minimum absolute atomic E-state index is 0.627. The quantitative estimate of drug-likeness (QED) is 0.172. The maximum Gasteiger partial charge on any atom is 0.164 e. The zero-order chi connectivity index (χ0) is 37.0. The Kier molecular flexibility index (Phi) is 7.42. The summed E-state index contributed by atoms with van der Waals surface area (Å²) in [4.78, 5) is 15.0. The maximum absolute atomic E-state index is 5.05. The van der Waals surface area contributed by atoms with Gasteiger partial charge in [0.1, 0.15) is 0 Å². The summed E-state index contributed by atoms with van der Waals surface area (Å²) in [5.41, 5.74) is 12.0. The smallest absolute Gasteiger partial charge is 0.164 e. The number of benzene rings is 8. The molecule has 0 bridgehead atoms. The third-order valence-corrected chi connectivity index (χ3v) is 10.8. The van der Waals surface area contributed by atoms with Gasteiger partial charge in [-0.25, -0.2) is 15.0 Å². The fourth-order valence-electron chi connectivity index (χ4n) is 8.21. The second-order valence-corrected chi connectivity index (χ2v) is 14.1. The van der Waals surface area contributed by atoms with E-state index >= 15 is 0 Å².